The Morgan fingerprint density at radius 1 is 1.20 bits per heavy atom. The Morgan fingerprint density at radius 2 is 1.96 bits per heavy atom. The molecule has 3 saturated carbocycles. The predicted octanol–water partition coefficient (Wildman–Crippen LogP) is 3.72. The topological polar surface area (TPSA) is 57.6 Å². The third kappa shape index (κ3) is 2.32. The molecule has 4 nitrogen and oxygen atoms in total. The Bertz CT molecular complexity index is 629. The fourth-order valence-electron chi connectivity index (χ4n) is 7.39. The Hall–Kier alpha value is -1.32. The summed E-state index contributed by atoms with van der Waals surface area (Å²) in [4.78, 5) is 25.4. The van der Waals surface area contributed by atoms with Crippen LogP contribution in [0, 0.1) is 34.5 Å². The van der Waals surface area contributed by atoms with Crippen molar-refractivity contribution in [1.82, 2.24) is 4.90 Å². The normalized spacial score (nSPS) is 48.7. The summed E-state index contributed by atoms with van der Waals surface area (Å²) in [5, 5.41) is 9.31. The molecule has 0 saturated heterocycles. The second kappa shape index (κ2) is 5.59. The molecule has 0 aromatic carbocycles. The Balaban J connectivity index is 1.63. The van der Waals surface area contributed by atoms with Gasteiger partial charge in [-0.25, -0.2) is 0 Å². The Kier molecular flexibility index (Phi) is 3.82. The summed E-state index contributed by atoms with van der Waals surface area (Å²) in [5.74, 6) is 1.81. The van der Waals surface area contributed by atoms with E-state index in [4.69, 9.17) is 0 Å². The summed E-state index contributed by atoms with van der Waals surface area (Å²) in [6.07, 6.45) is 11.2. The summed E-state index contributed by atoms with van der Waals surface area (Å²) in [7, 11) is 1.96. The highest BCUT2D eigenvalue weighted by Gasteiger charge is 2.60. The highest BCUT2D eigenvalue weighted by atomic mass is 16.4. The Labute approximate surface area is 150 Å². The molecule has 7 atom stereocenters. The molecule has 0 radical (unpaired) electrons. The molecule has 1 amide bonds. The molecule has 0 spiro atoms. The van der Waals surface area contributed by atoms with Crippen molar-refractivity contribution in [3.8, 4) is 0 Å². The number of carboxylic acid groups (broad SMARTS) is 1. The number of hydrogen-bond acceptors (Lipinski definition) is 2. The van der Waals surface area contributed by atoms with Crippen LogP contribution in [0.4, 0.5) is 0 Å². The van der Waals surface area contributed by atoms with E-state index in [1.54, 1.807) is 6.08 Å². The Morgan fingerprint density at radius 3 is 2.68 bits per heavy atom. The van der Waals surface area contributed by atoms with E-state index in [1.165, 1.54) is 19.3 Å². The molecular formula is C21H31NO3. The number of hydrogen-bond donors (Lipinski definition) is 1. The highest BCUT2D eigenvalue weighted by Crippen LogP contribution is 2.65. The van der Waals surface area contributed by atoms with Crippen molar-refractivity contribution in [3.63, 3.8) is 0 Å². The van der Waals surface area contributed by atoms with Gasteiger partial charge in [0.15, 0.2) is 0 Å². The van der Waals surface area contributed by atoms with E-state index in [0.717, 1.165) is 19.3 Å². The summed E-state index contributed by atoms with van der Waals surface area (Å²) in [6.45, 7) is 4.73. The zero-order valence-corrected chi connectivity index (χ0v) is 15.7. The van der Waals surface area contributed by atoms with Crippen molar-refractivity contribution in [3.05, 3.63) is 12.2 Å². The first-order chi connectivity index (χ1) is 11.8. The van der Waals surface area contributed by atoms with E-state index in [0.29, 0.717) is 36.1 Å². The molecule has 0 bridgehead atoms. The molecule has 5 unspecified atom stereocenters. The zero-order valence-electron chi connectivity index (χ0n) is 15.7. The number of aliphatic carboxylic acids is 1. The van der Waals surface area contributed by atoms with Crippen molar-refractivity contribution in [2.24, 2.45) is 34.5 Å². The summed E-state index contributed by atoms with van der Waals surface area (Å²) >= 11 is 0. The minimum Gasteiger partial charge on any atom is -0.481 e. The van der Waals surface area contributed by atoms with Gasteiger partial charge in [-0.05, 0) is 73.7 Å². The summed E-state index contributed by atoms with van der Waals surface area (Å²) in [5.41, 5.74) is 0.278. The molecule has 1 heterocycles. The van der Waals surface area contributed by atoms with E-state index >= 15 is 0 Å². The van der Waals surface area contributed by atoms with Gasteiger partial charge in [-0.15, -0.1) is 0 Å². The molecule has 4 aliphatic rings. The van der Waals surface area contributed by atoms with Crippen molar-refractivity contribution in [2.75, 3.05) is 7.05 Å². The number of rotatable bonds is 2. The molecule has 0 aromatic heterocycles. The van der Waals surface area contributed by atoms with Crippen LogP contribution in [0.5, 0.6) is 0 Å². The lowest BCUT2D eigenvalue weighted by Gasteiger charge is -2.60. The molecule has 3 fully saturated rings. The van der Waals surface area contributed by atoms with Gasteiger partial charge in [0.05, 0.1) is 0 Å². The lowest BCUT2D eigenvalue weighted by molar-refractivity contribution is -0.142. The van der Waals surface area contributed by atoms with Crippen LogP contribution in [0.2, 0.25) is 0 Å². The largest absolute Gasteiger partial charge is 0.481 e. The molecular weight excluding hydrogens is 314 g/mol. The van der Waals surface area contributed by atoms with Gasteiger partial charge in [-0.3, -0.25) is 9.59 Å². The van der Waals surface area contributed by atoms with E-state index in [9.17, 15) is 14.7 Å². The van der Waals surface area contributed by atoms with Crippen molar-refractivity contribution >= 4 is 11.9 Å². The third-order valence-corrected chi connectivity index (χ3v) is 8.75. The molecule has 3 aliphatic carbocycles. The predicted molar refractivity (Wildman–Crippen MR) is 95.8 cm³/mol. The smallest absolute Gasteiger partial charge is 0.303 e. The van der Waals surface area contributed by atoms with Crippen LogP contribution >= 0.6 is 0 Å². The van der Waals surface area contributed by atoms with Crippen molar-refractivity contribution < 1.29 is 14.7 Å². The molecule has 138 valence electrons. The van der Waals surface area contributed by atoms with Crippen LogP contribution in [-0.2, 0) is 9.59 Å². The average molecular weight is 345 g/mol. The number of amides is 1. The fraction of sp³-hybridized carbons (Fsp3) is 0.810. The number of carboxylic acids is 1. The number of fused-ring (bicyclic) bond motifs is 5. The molecule has 1 aliphatic heterocycles. The number of nitrogens with zero attached hydrogens (tertiary/aromatic N) is 1. The minimum absolute atomic E-state index is 0.0811. The number of carbonyl (C=O) groups excluding carboxylic acids is 1. The SMILES string of the molecule is CN1C(=O)C=CC2(C)C3CC[C@@]4(C)C(CC[C@@H]4CC(=O)O)C3CCC12. The number of likely N-dealkylation sites (N-methyl/N-ethyl adjacent to an activating group) is 1. The standard InChI is InChI=1S/C21H31NO3/c1-20-10-8-16-14(15(20)6-4-13(20)12-19(24)25)5-7-17-21(16,2)11-9-18(23)22(17)3/h9,11,13-17H,4-8,10,12H2,1-3H3,(H,24,25)/t13-,14?,15?,16?,17?,20-,21?/m1/s1. The first-order valence-electron chi connectivity index (χ1n) is 9.95. The number of carbonyl (C=O) groups is 2. The van der Waals surface area contributed by atoms with Gasteiger partial charge in [-0.1, -0.05) is 19.9 Å². The van der Waals surface area contributed by atoms with Gasteiger partial charge in [-0.2, -0.15) is 0 Å². The van der Waals surface area contributed by atoms with Crippen LogP contribution < -0.4 is 0 Å². The van der Waals surface area contributed by atoms with E-state index < -0.39 is 5.97 Å². The van der Waals surface area contributed by atoms with Crippen LogP contribution in [0.3, 0.4) is 0 Å². The minimum atomic E-state index is -0.639. The lowest BCUT2D eigenvalue weighted by Crippen LogP contribution is -2.59. The summed E-state index contributed by atoms with van der Waals surface area (Å²) < 4.78 is 0. The zero-order chi connectivity index (χ0) is 18.0. The summed E-state index contributed by atoms with van der Waals surface area (Å²) in [6, 6.07) is 0.326. The van der Waals surface area contributed by atoms with Gasteiger partial charge in [0.2, 0.25) is 5.91 Å². The maximum absolute atomic E-state index is 12.1. The highest BCUT2D eigenvalue weighted by molar-refractivity contribution is 5.89. The maximum Gasteiger partial charge on any atom is 0.303 e. The quantitative estimate of drug-likeness (QED) is 0.830. The molecule has 4 rings (SSSR count). The molecule has 4 heteroatoms. The van der Waals surface area contributed by atoms with Gasteiger partial charge in [0.1, 0.15) is 0 Å². The van der Waals surface area contributed by atoms with Gasteiger partial charge in [0, 0.05) is 24.9 Å². The van der Waals surface area contributed by atoms with Gasteiger partial charge < -0.3 is 10.0 Å². The first kappa shape index (κ1) is 17.1. The maximum atomic E-state index is 12.1. The van der Waals surface area contributed by atoms with E-state index in [2.05, 4.69) is 19.9 Å². The lowest BCUT2D eigenvalue weighted by atomic mass is 9.47. The monoisotopic (exact) mass is 345 g/mol. The van der Waals surface area contributed by atoms with Gasteiger partial charge >= 0.3 is 5.97 Å². The van der Waals surface area contributed by atoms with Crippen LogP contribution in [-0.4, -0.2) is 35.0 Å². The average Bonchev–Trinajstić information content (AvgIpc) is 2.88. The van der Waals surface area contributed by atoms with Crippen molar-refractivity contribution in [2.45, 2.75) is 64.8 Å². The molecule has 0 aromatic rings. The second-order valence-electron chi connectivity index (χ2n) is 9.54. The van der Waals surface area contributed by atoms with Gasteiger partial charge in [0.25, 0.3) is 0 Å². The van der Waals surface area contributed by atoms with Crippen LogP contribution in [0.25, 0.3) is 0 Å². The van der Waals surface area contributed by atoms with Crippen molar-refractivity contribution in [1.29, 1.82) is 0 Å². The van der Waals surface area contributed by atoms with Crippen LogP contribution in [0.15, 0.2) is 12.2 Å². The molecule has 1 N–H and O–H groups in total. The van der Waals surface area contributed by atoms with Crippen LogP contribution in [0.1, 0.15) is 58.8 Å². The van der Waals surface area contributed by atoms with E-state index in [-0.39, 0.29) is 16.7 Å². The first-order valence-corrected chi connectivity index (χ1v) is 9.95. The second-order valence-corrected chi connectivity index (χ2v) is 9.54. The van der Waals surface area contributed by atoms with E-state index in [1.807, 2.05) is 11.9 Å². The molecule has 25 heavy (non-hydrogen) atoms. The fourth-order valence-corrected chi connectivity index (χ4v) is 7.39. The third-order valence-electron chi connectivity index (χ3n) is 8.75.